The van der Waals surface area contributed by atoms with Gasteiger partial charge in [0.2, 0.25) is 0 Å². The van der Waals surface area contributed by atoms with Gasteiger partial charge < -0.3 is 0 Å². The molecule has 0 aromatic rings. The Hall–Kier alpha value is 1.42. The zero-order valence-electron chi connectivity index (χ0n) is 4.10. The van der Waals surface area contributed by atoms with Crippen LogP contribution in [0.4, 0.5) is 0 Å². The van der Waals surface area contributed by atoms with Crippen LogP contribution >= 0.6 is 29.3 Å². The standard InChI is InChI=1S/C3H5.ClH.2H3P.Pd/c1-3-2;;;;/h3H,1-2H2;1H;2*1H3;/q-1;;;;+2/p-1. The van der Waals surface area contributed by atoms with Gasteiger partial charge in [-0.15, -0.1) is 0 Å². The molecule has 0 rings (SSSR count). The number of allylic oxidation sites excluding steroid dienone is 1. The second-order valence-corrected chi connectivity index (χ2v) is 0.289. The zero-order valence-corrected chi connectivity index (χ0v) is 9.24. The topological polar surface area (TPSA) is 0 Å². The SMILES string of the molecule is C=C[CH2-].P.P.[Cl][Pd+]. The molecule has 0 saturated heterocycles. The van der Waals surface area contributed by atoms with E-state index in [4.69, 9.17) is 0 Å². The van der Waals surface area contributed by atoms with E-state index in [0.29, 0.717) is 0 Å². The van der Waals surface area contributed by atoms with E-state index in [-0.39, 0.29) is 19.8 Å². The van der Waals surface area contributed by atoms with Crippen LogP contribution in [-0.4, -0.2) is 0 Å². The number of hydrogen-bond donors (Lipinski definition) is 0. The van der Waals surface area contributed by atoms with Crippen molar-refractivity contribution in [2.75, 3.05) is 0 Å². The molecule has 0 nitrogen and oxygen atoms in total. The van der Waals surface area contributed by atoms with Crippen molar-refractivity contribution in [1.29, 1.82) is 0 Å². The third kappa shape index (κ3) is 108. The second-order valence-electron chi connectivity index (χ2n) is 0.289. The van der Waals surface area contributed by atoms with Crippen molar-refractivity contribution in [2.24, 2.45) is 0 Å². The minimum absolute atomic E-state index is 0. The Kier molecular flexibility index (Phi) is 177. The first-order valence-electron chi connectivity index (χ1n) is 0.936. The van der Waals surface area contributed by atoms with E-state index in [1.165, 1.54) is 6.08 Å². The summed E-state index contributed by atoms with van der Waals surface area (Å²) in [5, 5.41) is 0. The van der Waals surface area contributed by atoms with Gasteiger partial charge in [-0.05, 0) is 0 Å². The predicted octanol–water partition coefficient (Wildman–Crippen LogP) is 1.81. The van der Waals surface area contributed by atoms with Gasteiger partial charge in [0.25, 0.3) is 0 Å². The van der Waals surface area contributed by atoms with Gasteiger partial charge in [0.15, 0.2) is 0 Å². The molecule has 0 fully saturated rings. The average Bonchev–Trinajstić information content (AvgIpc) is 1.46. The van der Waals surface area contributed by atoms with E-state index in [2.05, 4.69) is 41.2 Å². The maximum absolute atomic E-state index is 4.49. The maximum atomic E-state index is 4.49. The molecule has 0 saturated carbocycles. The van der Waals surface area contributed by atoms with E-state index in [9.17, 15) is 0 Å². The van der Waals surface area contributed by atoms with E-state index in [0.717, 1.165) is 0 Å². The molecule has 4 heteroatoms. The van der Waals surface area contributed by atoms with Gasteiger partial charge >= 0.3 is 27.7 Å². The van der Waals surface area contributed by atoms with Crippen molar-refractivity contribution >= 4 is 29.3 Å². The summed E-state index contributed by atoms with van der Waals surface area (Å²) in [6, 6.07) is 0. The molecule has 0 N–H and O–H groups in total. The summed E-state index contributed by atoms with van der Waals surface area (Å²) in [6.07, 6.45) is 1.50. The van der Waals surface area contributed by atoms with Gasteiger partial charge in [0, 0.05) is 0 Å². The van der Waals surface area contributed by atoms with Crippen molar-refractivity contribution in [3.8, 4) is 0 Å². The summed E-state index contributed by atoms with van der Waals surface area (Å²) < 4.78 is 0. The molecule has 0 aromatic heterocycles. The van der Waals surface area contributed by atoms with Gasteiger partial charge in [-0.3, -0.25) is 0 Å². The first-order valence-corrected chi connectivity index (χ1v) is 2.94. The van der Waals surface area contributed by atoms with Crippen molar-refractivity contribution in [1.82, 2.24) is 0 Å². The Bertz CT molecular complexity index is 20.4. The summed E-state index contributed by atoms with van der Waals surface area (Å²) in [7, 11) is 4.49. The van der Waals surface area contributed by atoms with Gasteiger partial charge in [0.05, 0.1) is 0 Å². The molecule has 0 amide bonds. The van der Waals surface area contributed by atoms with Crippen LogP contribution in [0.3, 0.4) is 0 Å². The molecular weight excluding hydrogens is 240 g/mol. The van der Waals surface area contributed by atoms with Crippen LogP contribution < -0.4 is 0 Å². The molecule has 0 spiro atoms. The summed E-state index contributed by atoms with van der Waals surface area (Å²) in [6.45, 7) is 6.50. The van der Waals surface area contributed by atoms with Crippen molar-refractivity contribution in [2.45, 2.75) is 0 Å². The molecule has 0 radical (unpaired) electrons. The second kappa shape index (κ2) is 52.2. The van der Waals surface area contributed by atoms with E-state index in [1.54, 1.807) is 0 Å². The van der Waals surface area contributed by atoms with Crippen LogP contribution in [0, 0.1) is 6.92 Å². The molecule has 2 unspecified atom stereocenters. The Balaban J connectivity index is -0.0000000105. The van der Waals surface area contributed by atoms with Crippen molar-refractivity contribution < 1.29 is 18.2 Å². The Morgan fingerprint density at radius 2 is 1.43 bits per heavy atom. The summed E-state index contributed by atoms with van der Waals surface area (Å²) >= 11 is 2.22. The van der Waals surface area contributed by atoms with Crippen LogP contribution in [0.25, 0.3) is 0 Å². The molecule has 7 heavy (non-hydrogen) atoms. The average molecular weight is 251 g/mol. The van der Waals surface area contributed by atoms with Gasteiger partial charge in [0.1, 0.15) is 0 Å². The summed E-state index contributed by atoms with van der Waals surface area (Å²) in [5.74, 6) is 0. The van der Waals surface area contributed by atoms with E-state index < -0.39 is 0 Å². The molecule has 0 heterocycles. The fourth-order valence-electron chi connectivity index (χ4n) is 0. The molecule has 0 aliphatic heterocycles. The number of rotatable bonds is 0. The minimum atomic E-state index is 0. The van der Waals surface area contributed by atoms with Crippen molar-refractivity contribution in [3.63, 3.8) is 0 Å². The molecular formula is C3H11ClP2Pd. The van der Waals surface area contributed by atoms with Crippen LogP contribution in [0.5, 0.6) is 0 Å². The van der Waals surface area contributed by atoms with Gasteiger partial charge in [-0.1, -0.05) is 0 Å². The normalized spacial score (nSPS) is 2.71. The van der Waals surface area contributed by atoms with Crippen molar-refractivity contribution in [3.05, 3.63) is 19.6 Å². The number of halogens is 1. The molecule has 0 aliphatic rings. The first-order chi connectivity index (χ1) is 2.41. The summed E-state index contributed by atoms with van der Waals surface area (Å²) in [5.41, 5.74) is 0. The van der Waals surface area contributed by atoms with Crippen LogP contribution in [0.1, 0.15) is 0 Å². The Labute approximate surface area is 67.1 Å². The molecule has 2 atom stereocenters. The zero-order chi connectivity index (χ0) is 4.71. The van der Waals surface area contributed by atoms with Gasteiger partial charge in [-0.25, -0.2) is 19.6 Å². The third-order valence-corrected chi connectivity index (χ3v) is 0. The first kappa shape index (κ1) is 23.7. The monoisotopic (exact) mass is 250 g/mol. The van der Waals surface area contributed by atoms with Crippen LogP contribution in [0.15, 0.2) is 12.7 Å². The number of hydrogen-bond acceptors (Lipinski definition) is 0. The predicted molar refractivity (Wildman–Crippen MR) is 43.6 cm³/mol. The molecule has 0 bridgehead atoms. The third-order valence-electron chi connectivity index (χ3n) is 0. The molecule has 50 valence electrons. The molecule has 0 aromatic carbocycles. The van der Waals surface area contributed by atoms with Crippen LogP contribution in [-0.2, 0) is 18.2 Å². The van der Waals surface area contributed by atoms with E-state index in [1.807, 2.05) is 0 Å². The quantitative estimate of drug-likeness (QED) is 0.350. The Morgan fingerprint density at radius 3 is 1.43 bits per heavy atom. The Morgan fingerprint density at radius 1 is 1.43 bits per heavy atom. The van der Waals surface area contributed by atoms with Crippen LogP contribution in [0.2, 0.25) is 0 Å². The van der Waals surface area contributed by atoms with Gasteiger partial charge in [-0.2, -0.15) is 19.8 Å². The fourth-order valence-corrected chi connectivity index (χ4v) is 0. The molecule has 0 aliphatic carbocycles. The van der Waals surface area contributed by atoms with E-state index >= 15 is 0 Å². The summed E-state index contributed by atoms with van der Waals surface area (Å²) in [4.78, 5) is 0. The fraction of sp³-hybridized carbons (Fsp3) is 0.